The normalized spacial score (nSPS) is 10.3. The fourth-order valence-corrected chi connectivity index (χ4v) is 2.72. The van der Waals surface area contributed by atoms with Gasteiger partial charge in [0, 0.05) is 10.5 Å². The second-order valence-electron chi connectivity index (χ2n) is 3.95. The average Bonchev–Trinajstić information content (AvgIpc) is 2.41. The van der Waals surface area contributed by atoms with Crippen LogP contribution in [0, 0.1) is 5.82 Å². The summed E-state index contributed by atoms with van der Waals surface area (Å²) in [5, 5.41) is 0. The summed E-state index contributed by atoms with van der Waals surface area (Å²) in [6.07, 6.45) is 0. The Morgan fingerprint density at radius 2 is 1.95 bits per heavy atom. The van der Waals surface area contributed by atoms with Crippen LogP contribution in [0.2, 0.25) is 0 Å². The summed E-state index contributed by atoms with van der Waals surface area (Å²) in [5.74, 6) is 0.163. The van der Waals surface area contributed by atoms with E-state index in [1.807, 2.05) is 18.2 Å². The van der Waals surface area contributed by atoms with Gasteiger partial charge in [0.15, 0.2) is 5.78 Å². The maximum absolute atomic E-state index is 13.9. The van der Waals surface area contributed by atoms with Crippen LogP contribution in [-0.4, -0.2) is 12.9 Å². The lowest BCUT2D eigenvalue weighted by Gasteiger charge is -2.08. The van der Waals surface area contributed by atoms with Crippen molar-refractivity contribution in [2.45, 2.75) is 16.7 Å². The number of hydrogen-bond donors (Lipinski definition) is 0. The minimum atomic E-state index is -0.388. The molecule has 0 aliphatic heterocycles. The number of Topliss-reactive ketones (excluding diaryl/α,β-unsaturated/α-hetero) is 1. The Morgan fingerprint density at radius 1 is 1.21 bits per heavy atom. The van der Waals surface area contributed by atoms with E-state index in [0.717, 1.165) is 4.90 Å². The van der Waals surface area contributed by atoms with Crippen molar-refractivity contribution in [2.75, 3.05) is 7.11 Å². The first-order valence-corrected chi connectivity index (χ1v) is 6.55. The number of carbonyl (C=O) groups is 1. The first kappa shape index (κ1) is 13.6. The van der Waals surface area contributed by atoms with Crippen LogP contribution < -0.4 is 4.74 Å². The number of ketones is 1. The van der Waals surface area contributed by atoms with Crippen molar-refractivity contribution >= 4 is 17.5 Å². The van der Waals surface area contributed by atoms with Gasteiger partial charge in [-0.2, -0.15) is 0 Å². The number of ether oxygens (including phenoxy) is 1. The fourth-order valence-electron chi connectivity index (χ4n) is 1.67. The highest BCUT2D eigenvalue weighted by molar-refractivity contribution is 7.99. The van der Waals surface area contributed by atoms with E-state index in [1.165, 1.54) is 24.8 Å². The van der Waals surface area contributed by atoms with E-state index in [9.17, 15) is 9.18 Å². The average molecular weight is 276 g/mol. The van der Waals surface area contributed by atoms with Crippen LogP contribution in [-0.2, 0) is 0 Å². The van der Waals surface area contributed by atoms with Crippen LogP contribution in [0.5, 0.6) is 5.75 Å². The summed E-state index contributed by atoms with van der Waals surface area (Å²) >= 11 is 1.22. The van der Waals surface area contributed by atoms with Crippen molar-refractivity contribution in [1.82, 2.24) is 0 Å². The predicted molar refractivity (Wildman–Crippen MR) is 73.5 cm³/mol. The summed E-state index contributed by atoms with van der Waals surface area (Å²) in [4.78, 5) is 12.7. The van der Waals surface area contributed by atoms with Gasteiger partial charge in [-0.3, -0.25) is 4.79 Å². The molecule has 0 atom stereocenters. The van der Waals surface area contributed by atoms with Gasteiger partial charge in [0.05, 0.1) is 12.0 Å². The smallest absolute Gasteiger partial charge is 0.161 e. The predicted octanol–water partition coefficient (Wildman–Crippen LogP) is 4.19. The Balaban J connectivity index is 2.40. The molecule has 0 saturated heterocycles. The van der Waals surface area contributed by atoms with E-state index in [-0.39, 0.29) is 11.6 Å². The molecule has 2 aromatic carbocycles. The zero-order valence-electron chi connectivity index (χ0n) is 10.6. The molecule has 0 aromatic heterocycles. The highest BCUT2D eigenvalue weighted by Gasteiger charge is 2.13. The van der Waals surface area contributed by atoms with Crippen molar-refractivity contribution in [3.05, 3.63) is 53.8 Å². The molecule has 0 amide bonds. The lowest BCUT2D eigenvalue weighted by atomic mass is 10.1. The summed E-state index contributed by atoms with van der Waals surface area (Å²) in [5.41, 5.74) is 0.396. The minimum absolute atomic E-state index is 0.148. The summed E-state index contributed by atoms with van der Waals surface area (Å²) in [6, 6.07) is 11.8. The summed E-state index contributed by atoms with van der Waals surface area (Å²) in [7, 11) is 1.58. The largest absolute Gasteiger partial charge is 0.497 e. The van der Waals surface area contributed by atoms with E-state index in [2.05, 4.69) is 0 Å². The molecule has 19 heavy (non-hydrogen) atoms. The second-order valence-corrected chi connectivity index (χ2v) is 5.04. The van der Waals surface area contributed by atoms with Crippen molar-refractivity contribution in [3.63, 3.8) is 0 Å². The first-order valence-electron chi connectivity index (χ1n) is 5.73. The monoisotopic (exact) mass is 276 g/mol. The molecule has 2 rings (SSSR count). The molecule has 0 radical (unpaired) electrons. The lowest BCUT2D eigenvalue weighted by Crippen LogP contribution is -1.97. The molecule has 4 heteroatoms. The van der Waals surface area contributed by atoms with Gasteiger partial charge in [-0.05, 0) is 31.2 Å². The standard InChI is InChI=1S/C15H13FO2S/c1-10(17)13-7-4-8-14(16)15(13)19-12-6-3-5-11(9-12)18-2/h3-9H,1-2H3. The Labute approximate surface area is 115 Å². The van der Waals surface area contributed by atoms with Crippen LogP contribution in [0.15, 0.2) is 52.3 Å². The number of methoxy groups -OCH3 is 1. The number of hydrogen-bond acceptors (Lipinski definition) is 3. The molecule has 0 heterocycles. The van der Waals surface area contributed by atoms with Gasteiger partial charge in [0.2, 0.25) is 0 Å². The van der Waals surface area contributed by atoms with Gasteiger partial charge in [-0.15, -0.1) is 0 Å². The van der Waals surface area contributed by atoms with Gasteiger partial charge in [-0.1, -0.05) is 30.0 Å². The highest BCUT2D eigenvalue weighted by atomic mass is 32.2. The van der Waals surface area contributed by atoms with Crippen molar-refractivity contribution in [1.29, 1.82) is 0 Å². The maximum Gasteiger partial charge on any atom is 0.161 e. The van der Waals surface area contributed by atoms with Gasteiger partial charge in [0.25, 0.3) is 0 Å². The molecule has 0 spiro atoms. The molecule has 0 aliphatic rings. The second kappa shape index (κ2) is 5.89. The molecular formula is C15H13FO2S. The van der Waals surface area contributed by atoms with Gasteiger partial charge >= 0.3 is 0 Å². The molecule has 0 unspecified atom stereocenters. The molecule has 0 fully saturated rings. The molecule has 0 saturated carbocycles. The molecule has 2 aromatic rings. The van der Waals surface area contributed by atoms with E-state index in [1.54, 1.807) is 25.3 Å². The van der Waals surface area contributed by atoms with Crippen molar-refractivity contribution in [3.8, 4) is 5.75 Å². The van der Waals surface area contributed by atoms with Gasteiger partial charge in [-0.25, -0.2) is 4.39 Å². The Kier molecular flexibility index (Phi) is 4.22. The van der Waals surface area contributed by atoms with Crippen LogP contribution in [0.25, 0.3) is 0 Å². The number of carbonyl (C=O) groups excluding carboxylic acids is 1. The van der Waals surface area contributed by atoms with E-state index < -0.39 is 0 Å². The summed E-state index contributed by atoms with van der Waals surface area (Å²) in [6.45, 7) is 1.43. The Hall–Kier alpha value is -1.81. The molecular weight excluding hydrogens is 263 g/mol. The maximum atomic E-state index is 13.9. The highest BCUT2D eigenvalue weighted by Crippen LogP contribution is 2.34. The zero-order chi connectivity index (χ0) is 13.8. The molecule has 2 nitrogen and oxygen atoms in total. The van der Waals surface area contributed by atoms with Gasteiger partial charge < -0.3 is 4.74 Å². The Morgan fingerprint density at radius 3 is 2.63 bits per heavy atom. The van der Waals surface area contributed by atoms with Crippen LogP contribution in [0.1, 0.15) is 17.3 Å². The van der Waals surface area contributed by atoms with E-state index in [4.69, 9.17) is 4.74 Å². The topological polar surface area (TPSA) is 26.3 Å². The van der Waals surface area contributed by atoms with E-state index >= 15 is 0 Å². The number of benzene rings is 2. The van der Waals surface area contributed by atoms with Gasteiger partial charge in [0.1, 0.15) is 11.6 Å². The van der Waals surface area contributed by atoms with Crippen LogP contribution in [0.3, 0.4) is 0 Å². The SMILES string of the molecule is COc1cccc(Sc2c(F)cccc2C(C)=O)c1. The fraction of sp³-hybridized carbons (Fsp3) is 0.133. The molecule has 0 bridgehead atoms. The molecule has 0 N–H and O–H groups in total. The summed E-state index contributed by atoms with van der Waals surface area (Å²) < 4.78 is 19.0. The van der Waals surface area contributed by atoms with Crippen LogP contribution >= 0.6 is 11.8 Å². The lowest BCUT2D eigenvalue weighted by molar-refractivity contribution is 0.101. The third-order valence-electron chi connectivity index (χ3n) is 2.61. The van der Waals surface area contributed by atoms with Crippen LogP contribution in [0.4, 0.5) is 4.39 Å². The number of rotatable bonds is 4. The quantitative estimate of drug-likeness (QED) is 0.783. The molecule has 98 valence electrons. The Bertz CT molecular complexity index is 611. The third kappa shape index (κ3) is 3.15. The van der Waals surface area contributed by atoms with Crippen molar-refractivity contribution in [2.24, 2.45) is 0 Å². The van der Waals surface area contributed by atoms with Crippen molar-refractivity contribution < 1.29 is 13.9 Å². The molecule has 0 aliphatic carbocycles. The minimum Gasteiger partial charge on any atom is -0.497 e. The number of halogens is 1. The van der Waals surface area contributed by atoms with E-state index in [0.29, 0.717) is 16.2 Å². The first-order chi connectivity index (χ1) is 9.11. The zero-order valence-corrected chi connectivity index (χ0v) is 11.5. The third-order valence-corrected chi connectivity index (χ3v) is 3.72.